The molecule has 0 aliphatic heterocycles. The van der Waals surface area contributed by atoms with Crippen LogP contribution in [0.5, 0.6) is 0 Å². The highest BCUT2D eigenvalue weighted by Crippen LogP contribution is 2.34. The number of carbonyl (C=O) groups excluding carboxylic acids is 1. The first kappa shape index (κ1) is 22.9. The van der Waals surface area contributed by atoms with Crippen molar-refractivity contribution < 1.29 is 4.79 Å². The number of hydrogen-bond donors (Lipinski definition) is 1. The van der Waals surface area contributed by atoms with E-state index in [9.17, 15) is 10.1 Å². The first-order valence-electron chi connectivity index (χ1n) is 9.98. The molecule has 3 aromatic carbocycles. The van der Waals surface area contributed by atoms with Crippen LogP contribution in [0.1, 0.15) is 5.56 Å². The zero-order valence-electron chi connectivity index (χ0n) is 17.3. The second-order valence-electron chi connectivity index (χ2n) is 7.07. The van der Waals surface area contributed by atoms with Crippen LogP contribution in [-0.2, 0) is 4.79 Å². The van der Waals surface area contributed by atoms with Gasteiger partial charge in [-0.3, -0.25) is 4.79 Å². The lowest BCUT2D eigenvalue weighted by molar-refractivity contribution is -0.113. The lowest BCUT2D eigenvalue weighted by Gasteiger charge is -2.13. The topological polar surface area (TPSA) is 65.8 Å². The third-order valence-electron chi connectivity index (χ3n) is 4.77. The fourth-order valence-electron chi connectivity index (χ4n) is 3.25. The molecule has 0 saturated carbocycles. The number of nitriles is 1. The SMILES string of the molecule is N#Cc1c(-c2ccc(Cl)cc2)cc(-c2ccccc2)nc1SCC(=O)Nc1cccc(Cl)c1. The molecular weight excluding hydrogens is 473 g/mol. The molecule has 0 unspecified atom stereocenters. The molecule has 0 spiro atoms. The minimum atomic E-state index is -0.217. The van der Waals surface area contributed by atoms with Crippen molar-refractivity contribution in [2.75, 3.05) is 11.1 Å². The van der Waals surface area contributed by atoms with E-state index < -0.39 is 0 Å². The fraction of sp³-hybridized carbons (Fsp3) is 0.0385. The summed E-state index contributed by atoms with van der Waals surface area (Å²) in [5.74, 6) is -0.127. The van der Waals surface area contributed by atoms with E-state index in [1.165, 1.54) is 11.8 Å². The van der Waals surface area contributed by atoms with Crippen molar-refractivity contribution in [1.29, 1.82) is 5.26 Å². The van der Waals surface area contributed by atoms with Crippen molar-refractivity contribution in [2.45, 2.75) is 5.03 Å². The molecular formula is C26H17Cl2N3OS. The van der Waals surface area contributed by atoms with Crippen molar-refractivity contribution in [3.05, 3.63) is 101 Å². The van der Waals surface area contributed by atoms with Crippen LogP contribution in [0.2, 0.25) is 10.0 Å². The molecule has 1 heterocycles. The van der Waals surface area contributed by atoms with Gasteiger partial charge in [-0.25, -0.2) is 4.98 Å². The molecule has 4 nitrogen and oxygen atoms in total. The van der Waals surface area contributed by atoms with Gasteiger partial charge >= 0.3 is 0 Å². The molecule has 0 bridgehead atoms. The number of amides is 1. The zero-order valence-corrected chi connectivity index (χ0v) is 19.6. The average Bonchev–Trinajstić information content (AvgIpc) is 2.83. The molecule has 0 fully saturated rings. The standard InChI is InChI=1S/C26H17Cl2N3OS/c27-19-11-9-17(10-12-19)22-14-24(18-5-2-1-3-6-18)31-26(23(22)15-29)33-16-25(32)30-21-8-4-7-20(28)13-21/h1-14H,16H2,(H,30,32). The van der Waals surface area contributed by atoms with Gasteiger partial charge in [0, 0.05) is 26.9 Å². The summed E-state index contributed by atoms with van der Waals surface area (Å²) in [6.07, 6.45) is 0. The minimum absolute atomic E-state index is 0.0898. The monoisotopic (exact) mass is 489 g/mol. The average molecular weight is 490 g/mol. The molecule has 0 atom stereocenters. The van der Waals surface area contributed by atoms with Gasteiger partial charge in [-0.1, -0.05) is 83.5 Å². The second kappa shape index (κ2) is 10.5. The van der Waals surface area contributed by atoms with Gasteiger partial charge in [0.25, 0.3) is 0 Å². The van der Waals surface area contributed by atoms with Gasteiger partial charge in [0.2, 0.25) is 5.91 Å². The summed E-state index contributed by atoms with van der Waals surface area (Å²) >= 11 is 13.3. The normalized spacial score (nSPS) is 10.5. The van der Waals surface area contributed by atoms with Gasteiger partial charge in [-0.2, -0.15) is 5.26 Å². The number of nitrogens with one attached hydrogen (secondary N) is 1. The summed E-state index contributed by atoms with van der Waals surface area (Å²) in [6, 6.07) is 28.1. The van der Waals surface area contributed by atoms with Gasteiger partial charge in [-0.05, 0) is 42.0 Å². The zero-order chi connectivity index (χ0) is 23.2. The Balaban J connectivity index is 1.68. The predicted octanol–water partition coefficient (Wildman–Crippen LogP) is 7.32. The van der Waals surface area contributed by atoms with E-state index in [2.05, 4.69) is 11.4 Å². The highest BCUT2D eigenvalue weighted by Gasteiger charge is 2.17. The van der Waals surface area contributed by atoms with Crippen molar-refractivity contribution in [3.8, 4) is 28.5 Å². The Morgan fingerprint density at radius 1 is 0.909 bits per heavy atom. The van der Waals surface area contributed by atoms with Crippen LogP contribution in [0.4, 0.5) is 5.69 Å². The summed E-state index contributed by atoms with van der Waals surface area (Å²) in [5.41, 5.74) is 4.25. The minimum Gasteiger partial charge on any atom is -0.325 e. The number of aromatic nitrogens is 1. The van der Waals surface area contributed by atoms with Crippen LogP contribution in [0, 0.1) is 11.3 Å². The van der Waals surface area contributed by atoms with E-state index in [1.807, 2.05) is 48.5 Å². The number of halogens is 2. The van der Waals surface area contributed by atoms with E-state index in [-0.39, 0.29) is 11.7 Å². The van der Waals surface area contributed by atoms with Crippen LogP contribution >= 0.6 is 35.0 Å². The summed E-state index contributed by atoms with van der Waals surface area (Å²) in [5, 5.41) is 14.4. The lowest BCUT2D eigenvalue weighted by Crippen LogP contribution is -2.14. The number of thioether (sulfide) groups is 1. The summed E-state index contributed by atoms with van der Waals surface area (Å²) in [4.78, 5) is 17.3. The van der Waals surface area contributed by atoms with Crippen LogP contribution in [0.25, 0.3) is 22.4 Å². The third kappa shape index (κ3) is 5.74. The van der Waals surface area contributed by atoms with Gasteiger partial charge < -0.3 is 5.32 Å². The Bertz CT molecular complexity index is 1340. The number of nitrogens with zero attached hydrogens (tertiary/aromatic N) is 2. The van der Waals surface area contributed by atoms with Crippen molar-refractivity contribution in [3.63, 3.8) is 0 Å². The highest BCUT2D eigenvalue weighted by atomic mass is 35.5. The molecule has 4 rings (SSSR count). The van der Waals surface area contributed by atoms with Gasteiger partial charge in [0.1, 0.15) is 11.1 Å². The summed E-state index contributed by atoms with van der Waals surface area (Å²) in [7, 11) is 0. The second-order valence-corrected chi connectivity index (χ2v) is 8.90. The lowest BCUT2D eigenvalue weighted by atomic mass is 9.99. The van der Waals surface area contributed by atoms with E-state index in [0.29, 0.717) is 26.3 Å². The molecule has 1 aromatic heterocycles. The first-order valence-corrected chi connectivity index (χ1v) is 11.7. The maximum absolute atomic E-state index is 12.5. The first-order chi connectivity index (χ1) is 16.0. The summed E-state index contributed by atoms with van der Waals surface area (Å²) < 4.78 is 0. The van der Waals surface area contributed by atoms with Gasteiger partial charge in [0.05, 0.1) is 17.0 Å². The fourth-order valence-corrected chi connectivity index (χ4v) is 4.36. The number of anilines is 1. The van der Waals surface area contributed by atoms with Crippen LogP contribution in [0.15, 0.2) is 90.0 Å². The van der Waals surface area contributed by atoms with Crippen molar-refractivity contribution >= 4 is 46.6 Å². The smallest absolute Gasteiger partial charge is 0.234 e. The molecule has 0 aliphatic carbocycles. The molecule has 0 radical (unpaired) electrons. The molecule has 162 valence electrons. The van der Waals surface area contributed by atoms with E-state index >= 15 is 0 Å². The van der Waals surface area contributed by atoms with Crippen molar-refractivity contribution in [1.82, 2.24) is 4.98 Å². The maximum Gasteiger partial charge on any atom is 0.234 e. The summed E-state index contributed by atoms with van der Waals surface area (Å²) in [6.45, 7) is 0. The van der Waals surface area contributed by atoms with Crippen LogP contribution < -0.4 is 5.32 Å². The molecule has 1 N–H and O–H groups in total. The molecule has 0 saturated heterocycles. The van der Waals surface area contributed by atoms with Crippen LogP contribution in [0.3, 0.4) is 0 Å². The van der Waals surface area contributed by atoms with E-state index in [1.54, 1.807) is 36.4 Å². The highest BCUT2D eigenvalue weighted by molar-refractivity contribution is 8.00. The number of carbonyl (C=O) groups is 1. The Hall–Kier alpha value is -3.30. The quantitative estimate of drug-likeness (QED) is 0.288. The molecule has 7 heteroatoms. The van der Waals surface area contributed by atoms with E-state index in [0.717, 1.165) is 22.4 Å². The molecule has 33 heavy (non-hydrogen) atoms. The molecule has 0 aliphatic rings. The molecule has 1 amide bonds. The maximum atomic E-state index is 12.5. The largest absolute Gasteiger partial charge is 0.325 e. The van der Waals surface area contributed by atoms with E-state index in [4.69, 9.17) is 28.2 Å². The third-order valence-corrected chi connectivity index (χ3v) is 6.23. The molecule has 4 aromatic rings. The predicted molar refractivity (Wildman–Crippen MR) is 136 cm³/mol. The Morgan fingerprint density at radius 2 is 1.67 bits per heavy atom. The van der Waals surface area contributed by atoms with Gasteiger partial charge in [-0.15, -0.1) is 0 Å². The Kier molecular flexibility index (Phi) is 7.31. The number of rotatable bonds is 6. The number of hydrogen-bond acceptors (Lipinski definition) is 4. The number of benzene rings is 3. The van der Waals surface area contributed by atoms with Gasteiger partial charge in [0.15, 0.2) is 0 Å². The Labute approximate surface area is 206 Å². The number of pyridine rings is 1. The van der Waals surface area contributed by atoms with Crippen molar-refractivity contribution in [2.24, 2.45) is 0 Å². The van der Waals surface area contributed by atoms with Crippen LogP contribution in [-0.4, -0.2) is 16.6 Å². The Morgan fingerprint density at radius 3 is 2.36 bits per heavy atom.